The van der Waals surface area contributed by atoms with E-state index in [0.29, 0.717) is 6.54 Å². The van der Waals surface area contributed by atoms with Crippen LogP contribution in [0.15, 0.2) is 36.4 Å². The summed E-state index contributed by atoms with van der Waals surface area (Å²) in [5.41, 5.74) is 1.11. The fourth-order valence-electron chi connectivity index (χ4n) is 2.21. The highest BCUT2D eigenvalue weighted by molar-refractivity contribution is 7.15. The molecule has 0 spiro atoms. The number of para-hydroxylation sites is 1. The highest BCUT2D eigenvalue weighted by Crippen LogP contribution is 2.28. The van der Waals surface area contributed by atoms with E-state index in [1.165, 1.54) is 11.3 Å². The summed E-state index contributed by atoms with van der Waals surface area (Å²) in [5.74, 6) is 0.856. The molecular weight excluding hydrogens is 288 g/mol. The number of rotatable bonds is 7. The second kappa shape index (κ2) is 7.19. The van der Waals surface area contributed by atoms with E-state index in [1.54, 1.807) is 19.2 Å². The molecule has 0 saturated heterocycles. The van der Waals surface area contributed by atoms with Gasteiger partial charge in [0.05, 0.1) is 12.0 Å². The Morgan fingerprint density at radius 1 is 1.33 bits per heavy atom. The fourth-order valence-corrected chi connectivity index (χ4v) is 2.98. The maximum atomic E-state index is 10.7. The van der Waals surface area contributed by atoms with Gasteiger partial charge in [0, 0.05) is 29.1 Å². The van der Waals surface area contributed by atoms with Crippen molar-refractivity contribution in [3.8, 4) is 5.75 Å². The predicted molar refractivity (Wildman–Crippen MR) is 83.8 cm³/mol. The first-order valence-corrected chi connectivity index (χ1v) is 7.56. The van der Waals surface area contributed by atoms with Gasteiger partial charge in [0.1, 0.15) is 5.75 Å². The molecule has 0 radical (unpaired) electrons. The van der Waals surface area contributed by atoms with E-state index in [1.807, 2.05) is 24.3 Å². The summed E-state index contributed by atoms with van der Waals surface area (Å²) in [4.78, 5) is 11.3. The molecule has 0 aliphatic carbocycles. The van der Waals surface area contributed by atoms with E-state index in [0.717, 1.165) is 22.6 Å². The lowest BCUT2D eigenvalue weighted by Gasteiger charge is -2.19. The molecule has 0 saturated carbocycles. The molecule has 0 fully saturated rings. The van der Waals surface area contributed by atoms with E-state index in [2.05, 4.69) is 12.2 Å². The molecule has 6 heteroatoms. The Balaban J connectivity index is 2.06. The Bertz CT molecular complexity index is 612. The Kier molecular flexibility index (Phi) is 5.30. The van der Waals surface area contributed by atoms with E-state index in [-0.39, 0.29) is 16.0 Å². The molecule has 5 nitrogen and oxygen atoms in total. The number of ether oxygens (including phenoxy) is 1. The summed E-state index contributed by atoms with van der Waals surface area (Å²) >= 11 is 1.21. The summed E-state index contributed by atoms with van der Waals surface area (Å²) < 4.78 is 5.39. The van der Waals surface area contributed by atoms with Gasteiger partial charge in [-0.3, -0.25) is 10.1 Å². The molecule has 0 aliphatic heterocycles. The van der Waals surface area contributed by atoms with Crippen molar-refractivity contribution in [2.24, 2.45) is 0 Å². The van der Waals surface area contributed by atoms with Crippen molar-refractivity contribution >= 4 is 16.3 Å². The minimum atomic E-state index is -0.355. The molecule has 112 valence electrons. The average Bonchev–Trinajstić information content (AvgIpc) is 2.97. The molecule has 2 rings (SSSR count). The largest absolute Gasteiger partial charge is 0.496 e. The molecule has 0 aliphatic rings. The number of hydrogen-bond acceptors (Lipinski definition) is 5. The minimum Gasteiger partial charge on any atom is -0.496 e. The van der Waals surface area contributed by atoms with Gasteiger partial charge in [-0.2, -0.15) is 0 Å². The van der Waals surface area contributed by atoms with Crippen molar-refractivity contribution in [1.29, 1.82) is 0 Å². The van der Waals surface area contributed by atoms with Gasteiger partial charge >= 0.3 is 5.00 Å². The SMILES string of the molecule is CCC(NCc1ccc([N+](=O)[O-])s1)c1ccccc1OC. The number of nitrogens with zero attached hydrogens (tertiary/aromatic N) is 1. The maximum absolute atomic E-state index is 10.7. The molecule has 1 aromatic heterocycles. The zero-order valence-electron chi connectivity index (χ0n) is 12.0. The highest BCUT2D eigenvalue weighted by atomic mass is 32.1. The van der Waals surface area contributed by atoms with Crippen molar-refractivity contribution in [2.75, 3.05) is 7.11 Å². The van der Waals surface area contributed by atoms with Gasteiger partial charge in [-0.1, -0.05) is 36.5 Å². The lowest BCUT2D eigenvalue weighted by molar-refractivity contribution is -0.380. The summed E-state index contributed by atoms with van der Waals surface area (Å²) in [6.07, 6.45) is 0.911. The molecular formula is C15H18N2O3S. The third kappa shape index (κ3) is 3.80. The molecule has 0 bridgehead atoms. The maximum Gasteiger partial charge on any atom is 0.324 e. The molecule has 1 aromatic carbocycles. The zero-order chi connectivity index (χ0) is 15.2. The smallest absolute Gasteiger partial charge is 0.324 e. The Labute approximate surface area is 127 Å². The van der Waals surface area contributed by atoms with Crippen molar-refractivity contribution < 1.29 is 9.66 Å². The quantitative estimate of drug-likeness (QED) is 0.622. The van der Waals surface area contributed by atoms with E-state index < -0.39 is 0 Å². The third-order valence-corrected chi connectivity index (χ3v) is 4.31. The van der Waals surface area contributed by atoms with Crippen LogP contribution in [0.2, 0.25) is 0 Å². The third-order valence-electron chi connectivity index (χ3n) is 3.27. The Hall–Kier alpha value is -1.92. The molecule has 1 heterocycles. The van der Waals surface area contributed by atoms with Gasteiger partial charge in [0.15, 0.2) is 0 Å². The number of hydrogen-bond donors (Lipinski definition) is 1. The Morgan fingerprint density at radius 3 is 2.71 bits per heavy atom. The monoisotopic (exact) mass is 306 g/mol. The van der Waals surface area contributed by atoms with Gasteiger partial charge < -0.3 is 10.1 Å². The second-order valence-electron chi connectivity index (χ2n) is 4.58. The van der Waals surface area contributed by atoms with Crippen molar-refractivity contribution in [3.63, 3.8) is 0 Å². The van der Waals surface area contributed by atoms with Gasteiger partial charge in [0.2, 0.25) is 0 Å². The van der Waals surface area contributed by atoms with Crippen LogP contribution in [0.3, 0.4) is 0 Å². The lowest BCUT2D eigenvalue weighted by Crippen LogP contribution is -2.20. The number of nitro groups is 1. The zero-order valence-corrected chi connectivity index (χ0v) is 12.9. The summed E-state index contributed by atoms with van der Waals surface area (Å²) in [6, 6.07) is 11.4. The first-order chi connectivity index (χ1) is 10.2. The molecule has 0 amide bonds. The van der Waals surface area contributed by atoms with E-state index in [4.69, 9.17) is 4.74 Å². The average molecular weight is 306 g/mol. The van der Waals surface area contributed by atoms with Gasteiger partial charge in [0.25, 0.3) is 0 Å². The van der Waals surface area contributed by atoms with Crippen LogP contribution in [0.25, 0.3) is 0 Å². The fraction of sp³-hybridized carbons (Fsp3) is 0.333. The van der Waals surface area contributed by atoms with E-state index in [9.17, 15) is 10.1 Å². The number of nitrogens with one attached hydrogen (secondary N) is 1. The molecule has 1 unspecified atom stereocenters. The summed E-state index contributed by atoms with van der Waals surface area (Å²) in [7, 11) is 1.66. The first kappa shape index (κ1) is 15.5. The van der Waals surface area contributed by atoms with Crippen LogP contribution in [0.1, 0.15) is 29.8 Å². The molecule has 2 aromatic rings. The number of benzene rings is 1. The van der Waals surface area contributed by atoms with Gasteiger partial charge in [-0.15, -0.1) is 0 Å². The van der Waals surface area contributed by atoms with Crippen molar-refractivity contribution in [1.82, 2.24) is 5.32 Å². The predicted octanol–water partition coefficient (Wildman–Crippen LogP) is 3.91. The Morgan fingerprint density at radius 2 is 2.10 bits per heavy atom. The summed E-state index contributed by atoms with van der Waals surface area (Å²) in [6.45, 7) is 2.70. The summed E-state index contributed by atoms with van der Waals surface area (Å²) in [5, 5.41) is 14.3. The normalized spacial score (nSPS) is 12.1. The van der Waals surface area contributed by atoms with Crippen molar-refractivity contribution in [2.45, 2.75) is 25.9 Å². The lowest BCUT2D eigenvalue weighted by atomic mass is 10.0. The molecule has 21 heavy (non-hydrogen) atoms. The van der Waals surface area contributed by atoms with Crippen LogP contribution in [-0.2, 0) is 6.54 Å². The number of methoxy groups -OCH3 is 1. The van der Waals surface area contributed by atoms with Crippen molar-refractivity contribution in [3.05, 3.63) is 57.0 Å². The van der Waals surface area contributed by atoms with Crippen LogP contribution in [0.4, 0.5) is 5.00 Å². The number of thiophene rings is 1. The van der Waals surface area contributed by atoms with Crippen LogP contribution < -0.4 is 10.1 Å². The topological polar surface area (TPSA) is 64.4 Å². The van der Waals surface area contributed by atoms with Crippen LogP contribution in [0.5, 0.6) is 5.75 Å². The standard InChI is InChI=1S/C15H18N2O3S/c1-3-13(12-6-4-5-7-14(12)20-2)16-10-11-8-9-15(21-11)17(18)19/h4-9,13,16H,3,10H2,1-2H3. The van der Waals surface area contributed by atoms with Crippen LogP contribution >= 0.6 is 11.3 Å². The minimum absolute atomic E-state index is 0.155. The van der Waals surface area contributed by atoms with E-state index >= 15 is 0 Å². The second-order valence-corrected chi connectivity index (χ2v) is 5.73. The van der Waals surface area contributed by atoms with Crippen LogP contribution in [-0.4, -0.2) is 12.0 Å². The highest BCUT2D eigenvalue weighted by Gasteiger charge is 2.15. The first-order valence-electron chi connectivity index (χ1n) is 6.75. The van der Waals surface area contributed by atoms with Gasteiger partial charge in [-0.05, 0) is 18.6 Å². The molecule has 1 atom stereocenters. The van der Waals surface area contributed by atoms with Crippen LogP contribution in [0, 0.1) is 10.1 Å². The molecule has 1 N–H and O–H groups in total. The van der Waals surface area contributed by atoms with Gasteiger partial charge in [-0.25, -0.2) is 0 Å².